The second-order valence-corrected chi connectivity index (χ2v) is 3.45. The van der Waals surface area contributed by atoms with E-state index in [4.69, 9.17) is 10.5 Å². The lowest BCUT2D eigenvalue weighted by molar-refractivity contribution is 0.165. The summed E-state index contributed by atoms with van der Waals surface area (Å²) in [6.45, 7) is 9.33. The van der Waals surface area contributed by atoms with Crippen molar-refractivity contribution >= 4 is 0 Å². The first-order valence-corrected chi connectivity index (χ1v) is 4.68. The normalized spacial score (nSPS) is 14.9. The number of rotatable bonds is 5. The van der Waals surface area contributed by atoms with Crippen molar-refractivity contribution in [3.05, 3.63) is 12.0 Å². The third-order valence-corrected chi connectivity index (χ3v) is 2.09. The van der Waals surface area contributed by atoms with Crippen LogP contribution in [0.1, 0.15) is 34.1 Å². The predicted molar refractivity (Wildman–Crippen MR) is 52.5 cm³/mol. The van der Waals surface area contributed by atoms with Gasteiger partial charge in [0, 0.05) is 12.1 Å². The molecule has 12 heavy (non-hydrogen) atoms. The largest absolute Gasteiger partial charge is 0.496 e. The molecule has 0 aliphatic heterocycles. The molecule has 72 valence electrons. The van der Waals surface area contributed by atoms with E-state index in [1.165, 1.54) is 0 Å². The Morgan fingerprint density at radius 3 is 2.33 bits per heavy atom. The van der Waals surface area contributed by atoms with Gasteiger partial charge >= 0.3 is 0 Å². The van der Waals surface area contributed by atoms with Gasteiger partial charge in [-0.05, 0) is 12.3 Å². The molecule has 0 amide bonds. The molecule has 0 aromatic carbocycles. The van der Waals surface area contributed by atoms with Gasteiger partial charge in [-0.3, -0.25) is 0 Å². The highest BCUT2D eigenvalue weighted by atomic mass is 16.5. The summed E-state index contributed by atoms with van der Waals surface area (Å²) in [5.41, 5.74) is 5.47. The average molecular weight is 171 g/mol. The average Bonchev–Trinajstić information content (AvgIpc) is 2.05. The van der Waals surface area contributed by atoms with Crippen molar-refractivity contribution in [3.63, 3.8) is 0 Å². The van der Waals surface area contributed by atoms with Crippen LogP contribution in [-0.4, -0.2) is 6.61 Å². The fraction of sp³-hybridized carbons (Fsp3) is 0.800. The zero-order valence-corrected chi connectivity index (χ0v) is 8.63. The maximum Gasteiger partial charge on any atom is 0.114 e. The van der Waals surface area contributed by atoms with Crippen LogP contribution in [0.3, 0.4) is 0 Å². The van der Waals surface area contributed by atoms with Crippen LogP contribution < -0.4 is 5.73 Å². The molecule has 0 aromatic rings. The molecule has 0 radical (unpaired) electrons. The molecule has 2 N–H and O–H groups in total. The van der Waals surface area contributed by atoms with Gasteiger partial charge in [-0.2, -0.15) is 0 Å². The fourth-order valence-corrected chi connectivity index (χ4v) is 0.880. The van der Waals surface area contributed by atoms with Gasteiger partial charge in [0.1, 0.15) is 5.76 Å². The molecule has 0 bridgehead atoms. The lowest BCUT2D eigenvalue weighted by Gasteiger charge is -2.19. The first-order chi connectivity index (χ1) is 5.63. The predicted octanol–water partition coefficient (Wildman–Crippen LogP) is 2.51. The zero-order valence-electron chi connectivity index (χ0n) is 8.63. The van der Waals surface area contributed by atoms with Gasteiger partial charge < -0.3 is 10.5 Å². The molecule has 2 nitrogen and oxygen atoms in total. The van der Waals surface area contributed by atoms with Crippen LogP contribution in [0.5, 0.6) is 0 Å². The molecule has 0 aliphatic carbocycles. The lowest BCUT2D eigenvalue weighted by Crippen LogP contribution is -2.12. The van der Waals surface area contributed by atoms with E-state index in [0.717, 1.165) is 18.8 Å². The summed E-state index contributed by atoms with van der Waals surface area (Å²) >= 11 is 0. The van der Waals surface area contributed by atoms with E-state index in [2.05, 4.69) is 27.7 Å². The molecule has 0 spiro atoms. The minimum atomic E-state index is 0.418. The first kappa shape index (κ1) is 11.3. The monoisotopic (exact) mass is 171 g/mol. The second-order valence-electron chi connectivity index (χ2n) is 3.45. The Hall–Kier alpha value is -0.660. The van der Waals surface area contributed by atoms with Crippen LogP contribution in [0.2, 0.25) is 0 Å². The second kappa shape index (κ2) is 5.92. The number of hydrogen-bond acceptors (Lipinski definition) is 2. The Labute approximate surface area is 75.8 Å². The Morgan fingerprint density at radius 1 is 1.42 bits per heavy atom. The van der Waals surface area contributed by atoms with Crippen LogP contribution in [0.4, 0.5) is 0 Å². The van der Waals surface area contributed by atoms with E-state index < -0.39 is 0 Å². The van der Waals surface area contributed by atoms with Crippen molar-refractivity contribution in [2.75, 3.05) is 6.61 Å². The summed E-state index contributed by atoms with van der Waals surface area (Å²) in [7, 11) is 0. The molecule has 2 heteroatoms. The van der Waals surface area contributed by atoms with Crippen LogP contribution in [-0.2, 0) is 4.74 Å². The number of hydrogen-bond donors (Lipinski definition) is 1. The van der Waals surface area contributed by atoms with Crippen molar-refractivity contribution in [1.29, 1.82) is 0 Å². The molecule has 0 rings (SSSR count). The van der Waals surface area contributed by atoms with E-state index >= 15 is 0 Å². The molecule has 1 unspecified atom stereocenters. The van der Waals surface area contributed by atoms with Crippen molar-refractivity contribution in [2.45, 2.75) is 34.1 Å². The first-order valence-electron chi connectivity index (χ1n) is 4.68. The Balaban J connectivity index is 3.98. The van der Waals surface area contributed by atoms with E-state index in [1.807, 2.05) is 0 Å². The number of nitrogens with two attached hydrogens (primary N) is 1. The third-order valence-electron chi connectivity index (χ3n) is 2.09. The van der Waals surface area contributed by atoms with Crippen LogP contribution >= 0.6 is 0 Å². The summed E-state index contributed by atoms with van der Waals surface area (Å²) in [6.07, 6.45) is 2.61. The smallest absolute Gasteiger partial charge is 0.114 e. The van der Waals surface area contributed by atoms with Crippen LogP contribution in [0.15, 0.2) is 12.0 Å². The minimum Gasteiger partial charge on any atom is -0.496 e. The van der Waals surface area contributed by atoms with E-state index in [-0.39, 0.29) is 0 Å². The topological polar surface area (TPSA) is 35.2 Å². The van der Waals surface area contributed by atoms with Gasteiger partial charge in [0.25, 0.3) is 0 Å². The maximum absolute atomic E-state index is 5.50. The van der Waals surface area contributed by atoms with Gasteiger partial charge in [0.05, 0.1) is 6.61 Å². The third kappa shape index (κ3) is 3.65. The van der Waals surface area contributed by atoms with E-state index in [0.29, 0.717) is 11.8 Å². The highest BCUT2D eigenvalue weighted by Crippen LogP contribution is 2.19. The summed E-state index contributed by atoms with van der Waals surface area (Å²) < 4.78 is 5.50. The van der Waals surface area contributed by atoms with Gasteiger partial charge in [0.15, 0.2) is 0 Å². The molecule has 0 saturated heterocycles. The molecule has 0 saturated carbocycles. The van der Waals surface area contributed by atoms with Crippen molar-refractivity contribution in [3.8, 4) is 0 Å². The maximum atomic E-state index is 5.50. The quantitative estimate of drug-likeness (QED) is 0.645. The summed E-state index contributed by atoms with van der Waals surface area (Å²) in [5, 5.41) is 0. The highest BCUT2D eigenvalue weighted by molar-refractivity contribution is 4.95. The summed E-state index contributed by atoms with van der Waals surface area (Å²) in [4.78, 5) is 0. The van der Waals surface area contributed by atoms with Gasteiger partial charge in [-0.25, -0.2) is 0 Å². The SMILES string of the molecule is CCCO/C(=C\N)C(C)C(C)C. The Bertz CT molecular complexity index is 141. The zero-order chi connectivity index (χ0) is 9.56. The number of ether oxygens (including phenoxy) is 1. The van der Waals surface area contributed by atoms with Crippen LogP contribution in [0, 0.1) is 11.8 Å². The van der Waals surface area contributed by atoms with Crippen molar-refractivity contribution in [2.24, 2.45) is 17.6 Å². The van der Waals surface area contributed by atoms with E-state index in [1.54, 1.807) is 6.20 Å². The molecule has 0 fully saturated rings. The lowest BCUT2D eigenvalue weighted by atomic mass is 9.96. The highest BCUT2D eigenvalue weighted by Gasteiger charge is 2.13. The molecular weight excluding hydrogens is 150 g/mol. The Kier molecular flexibility index (Phi) is 5.60. The standard InChI is InChI=1S/C10H21NO/c1-5-6-12-10(7-11)9(4)8(2)3/h7-9H,5-6,11H2,1-4H3/b10-7-. The van der Waals surface area contributed by atoms with Gasteiger partial charge in [-0.1, -0.05) is 27.7 Å². The molecule has 0 aromatic heterocycles. The molecular formula is C10H21NO. The molecule has 1 atom stereocenters. The van der Waals surface area contributed by atoms with Gasteiger partial charge in [-0.15, -0.1) is 0 Å². The van der Waals surface area contributed by atoms with Crippen molar-refractivity contribution in [1.82, 2.24) is 0 Å². The fourth-order valence-electron chi connectivity index (χ4n) is 0.880. The van der Waals surface area contributed by atoms with E-state index in [9.17, 15) is 0 Å². The van der Waals surface area contributed by atoms with Crippen molar-refractivity contribution < 1.29 is 4.74 Å². The molecule has 0 heterocycles. The van der Waals surface area contributed by atoms with Gasteiger partial charge in [0.2, 0.25) is 0 Å². The minimum absolute atomic E-state index is 0.418. The molecule has 0 aliphatic rings. The Morgan fingerprint density at radius 2 is 2.00 bits per heavy atom. The van der Waals surface area contributed by atoms with Crippen LogP contribution in [0.25, 0.3) is 0 Å². The summed E-state index contributed by atoms with van der Waals surface area (Å²) in [6, 6.07) is 0. The summed E-state index contributed by atoms with van der Waals surface area (Å²) in [5.74, 6) is 1.92. The number of allylic oxidation sites excluding steroid dienone is 1.